The van der Waals surface area contributed by atoms with Gasteiger partial charge < -0.3 is 10.4 Å². The van der Waals surface area contributed by atoms with Gasteiger partial charge in [0.15, 0.2) is 0 Å². The molecule has 0 fully saturated rings. The Morgan fingerprint density at radius 1 is 1.25 bits per heavy atom. The summed E-state index contributed by atoms with van der Waals surface area (Å²) in [6.45, 7) is 6.82. The highest BCUT2D eigenvalue weighted by atomic mass is 32.1. The molecule has 3 nitrogen and oxygen atoms in total. The minimum Gasteiger partial charge on any atom is -0.388 e. The van der Waals surface area contributed by atoms with E-state index in [2.05, 4.69) is 5.32 Å². The van der Waals surface area contributed by atoms with Gasteiger partial charge in [-0.25, -0.2) is 4.39 Å². The molecule has 0 spiro atoms. The zero-order chi connectivity index (χ0) is 15.1. The molecule has 0 aliphatic carbocycles. The SMILES string of the molecule is CC(C)(O)C(C)(C)NC(=O)c1cc2cc(F)ccc2s1. The highest BCUT2D eigenvalue weighted by molar-refractivity contribution is 7.20. The molecular weight excluding hydrogens is 277 g/mol. The van der Waals surface area contributed by atoms with Gasteiger partial charge in [0, 0.05) is 4.70 Å². The third-order valence-corrected chi connectivity index (χ3v) is 4.77. The van der Waals surface area contributed by atoms with Crippen molar-refractivity contribution in [3.05, 3.63) is 35.0 Å². The molecule has 0 unspecified atom stereocenters. The molecule has 2 rings (SSSR count). The number of amides is 1. The van der Waals surface area contributed by atoms with Crippen molar-refractivity contribution in [1.82, 2.24) is 5.32 Å². The summed E-state index contributed by atoms with van der Waals surface area (Å²) in [5.74, 6) is -0.585. The molecule has 0 radical (unpaired) electrons. The second-order valence-electron chi connectivity index (χ2n) is 5.93. The van der Waals surface area contributed by atoms with E-state index in [1.807, 2.05) is 0 Å². The predicted molar refractivity (Wildman–Crippen MR) is 79.6 cm³/mol. The molecule has 0 saturated heterocycles. The van der Waals surface area contributed by atoms with Gasteiger partial charge in [-0.3, -0.25) is 4.79 Å². The van der Waals surface area contributed by atoms with Gasteiger partial charge in [-0.05, 0) is 57.3 Å². The molecule has 1 heterocycles. The molecule has 2 aromatic rings. The van der Waals surface area contributed by atoms with Crippen LogP contribution in [0.1, 0.15) is 37.4 Å². The van der Waals surface area contributed by atoms with E-state index in [4.69, 9.17) is 0 Å². The second-order valence-corrected chi connectivity index (χ2v) is 7.01. The van der Waals surface area contributed by atoms with Crippen molar-refractivity contribution < 1.29 is 14.3 Å². The van der Waals surface area contributed by atoms with Gasteiger partial charge in [-0.2, -0.15) is 0 Å². The van der Waals surface area contributed by atoms with Gasteiger partial charge in [0.05, 0.1) is 16.0 Å². The summed E-state index contributed by atoms with van der Waals surface area (Å²) in [7, 11) is 0. The normalized spacial score (nSPS) is 12.7. The Morgan fingerprint density at radius 2 is 1.90 bits per heavy atom. The first-order valence-corrected chi connectivity index (χ1v) is 7.16. The van der Waals surface area contributed by atoms with E-state index >= 15 is 0 Å². The summed E-state index contributed by atoms with van der Waals surface area (Å²) >= 11 is 1.31. The van der Waals surface area contributed by atoms with Crippen molar-refractivity contribution in [3.63, 3.8) is 0 Å². The van der Waals surface area contributed by atoms with Gasteiger partial charge in [0.2, 0.25) is 0 Å². The summed E-state index contributed by atoms with van der Waals surface area (Å²) < 4.78 is 14.0. The van der Waals surface area contributed by atoms with Crippen LogP contribution in [0.25, 0.3) is 10.1 Å². The Balaban J connectivity index is 2.28. The predicted octanol–water partition coefficient (Wildman–Crippen LogP) is 3.32. The van der Waals surface area contributed by atoms with Crippen molar-refractivity contribution in [2.75, 3.05) is 0 Å². The Labute approximate surface area is 121 Å². The monoisotopic (exact) mass is 295 g/mol. The Bertz CT molecular complexity index is 655. The molecule has 108 valence electrons. The number of benzene rings is 1. The molecule has 20 heavy (non-hydrogen) atoms. The van der Waals surface area contributed by atoms with Crippen LogP contribution in [0.5, 0.6) is 0 Å². The van der Waals surface area contributed by atoms with E-state index in [0.717, 1.165) is 4.70 Å². The highest BCUT2D eigenvalue weighted by Gasteiger charge is 2.36. The number of thiophene rings is 1. The molecular formula is C15H18FNO2S. The Kier molecular flexibility index (Phi) is 3.60. The Morgan fingerprint density at radius 3 is 2.50 bits per heavy atom. The summed E-state index contributed by atoms with van der Waals surface area (Å²) in [5, 5.41) is 13.6. The van der Waals surface area contributed by atoms with E-state index in [-0.39, 0.29) is 11.7 Å². The molecule has 0 aliphatic heterocycles. The van der Waals surface area contributed by atoms with Crippen LogP contribution in [0.15, 0.2) is 24.3 Å². The standard InChI is InChI=1S/C15H18FNO2S/c1-14(2,15(3,4)19)17-13(18)12-8-9-7-10(16)5-6-11(9)20-12/h5-8,19H,1-4H3,(H,17,18). The lowest BCUT2D eigenvalue weighted by molar-refractivity contribution is -0.00284. The molecule has 1 aromatic carbocycles. The lowest BCUT2D eigenvalue weighted by atomic mass is 9.86. The number of halogens is 1. The topological polar surface area (TPSA) is 49.3 Å². The van der Waals surface area contributed by atoms with Gasteiger partial charge in [0.1, 0.15) is 5.82 Å². The summed E-state index contributed by atoms with van der Waals surface area (Å²) in [6.07, 6.45) is 0. The van der Waals surface area contributed by atoms with Crippen molar-refractivity contribution in [1.29, 1.82) is 0 Å². The maximum Gasteiger partial charge on any atom is 0.261 e. The van der Waals surface area contributed by atoms with Crippen LogP contribution in [0, 0.1) is 5.82 Å². The third kappa shape index (κ3) is 2.83. The van der Waals surface area contributed by atoms with Crippen LogP contribution in [-0.4, -0.2) is 22.2 Å². The van der Waals surface area contributed by atoms with Crippen LogP contribution >= 0.6 is 11.3 Å². The molecule has 0 saturated carbocycles. The maximum atomic E-state index is 13.1. The van der Waals surface area contributed by atoms with Crippen LogP contribution in [-0.2, 0) is 0 Å². The fourth-order valence-electron chi connectivity index (χ4n) is 1.62. The molecule has 0 atom stereocenters. The fraction of sp³-hybridized carbons (Fsp3) is 0.400. The van der Waals surface area contributed by atoms with E-state index in [0.29, 0.717) is 10.3 Å². The smallest absolute Gasteiger partial charge is 0.261 e. The minimum absolute atomic E-state index is 0.265. The number of carbonyl (C=O) groups excluding carboxylic acids is 1. The first kappa shape index (κ1) is 14.9. The van der Waals surface area contributed by atoms with Gasteiger partial charge in [0.25, 0.3) is 5.91 Å². The second kappa shape index (κ2) is 4.82. The highest BCUT2D eigenvalue weighted by Crippen LogP contribution is 2.27. The maximum absolute atomic E-state index is 13.1. The number of aliphatic hydroxyl groups is 1. The van der Waals surface area contributed by atoms with Crippen LogP contribution in [0.2, 0.25) is 0 Å². The Hall–Kier alpha value is -1.46. The van der Waals surface area contributed by atoms with Crippen LogP contribution in [0.4, 0.5) is 4.39 Å². The summed E-state index contributed by atoms with van der Waals surface area (Å²) in [4.78, 5) is 12.8. The lowest BCUT2D eigenvalue weighted by Crippen LogP contribution is -2.57. The first-order valence-electron chi connectivity index (χ1n) is 6.34. The van der Waals surface area contributed by atoms with Crippen molar-refractivity contribution in [2.45, 2.75) is 38.8 Å². The lowest BCUT2D eigenvalue weighted by Gasteiger charge is -2.37. The zero-order valence-electron chi connectivity index (χ0n) is 12.0. The fourth-order valence-corrected chi connectivity index (χ4v) is 2.56. The number of rotatable bonds is 3. The molecule has 1 amide bonds. The number of fused-ring (bicyclic) bond motifs is 1. The van der Waals surface area contributed by atoms with E-state index < -0.39 is 11.1 Å². The van der Waals surface area contributed by atoms with Gasteiger partial charge in [-0.1, -0.05) is 0 Å². The molecule has 0 aliphatic rings. The zero-order valence-corrected chi connectivity index (χ0v) is 12.8. The van der Waals surface area contributed by atoms with Crippen LogP contribution < -0.4 is 5.32 Å². The summed E-state index contributed by atoms with van der Waals surface area (Å²) in [5.41, 5.74) is -1.82. The number of hydrogen-bond acceptors (Lipinski definition) is 3. The average Bonchev–Trinajstić information content (AvgIpc) is 2.69. The molecule has 5 heteroatoms. The first-order chi connectivity index (χ1) is 9.10. The number of nitrogens with one attached hydrogen (secondary N) is 1. The van der Waals surface area contributed by atoms with E-state index in [1.165, 1.54) is 23.5 Å². The van der Waals surface area contributed by atoms with Gasteiger partial charge in [-0.15, -0.1) is 11.3 Å². The average molecular weight is 295 g/mol. The van der Waals surface area contributed by atoms with Gasteiger partial charge >= 0.3 is 0 Å². The molecule has 2 N–H and O–H groups in total. The van der Waals surface area contributed by atoms with Crippen molar-refractivity contribution in [3.8, 4) is 0 Å². The molecule has 0 bridgehead atoms. The number of hydrogen-bond donors (Lipinski definition) is 2. The van der Waals surface area contributed by atoms with E-state index in [1.54, 1.807) is 39.8 Å². The quantitative estimate of drug-likeness (QED) is 0.912. The largest absolute Gasteiger partial charge is 0.388 e. The van der Waals surface area contributed by atoms with Crippen molar-refractivity contribution in [2.24, 2.45) is 0 Å². The van der Waals surface area contributed by atoms with E-state index in [9.17, 15) is 14.3 Å². The summed E-state index contributed by atoms with van der Waals surface area (Å²) in [6, 6.07) is 6.11. The van der Waals surface area contributed by atoms with Crippen molar-refractivity contribution >= 4 is 27.3 Å². The molecule has 1 aromatic heterocycles. The number of carbonyl (C=O) groups is 1. The van der Waals surface area contributed by atoms with Crippen LogP contribution in [0.3, 0.4) is 0 Å². The third-order valence-electron chi connectivity index (χ3n) is 3.66. The minimum atomic E-state index is -1.05.